The van der Waals surface area contributed by atoms with Crippen LogP contribution >= 0.6 is 0 Å². The van der Waals surface area contributed by atoms with E-state index in [-0.39, 0.29) is 36.1 Å². The van der Waals surface area contributed by atoms with Gasteiger partial charge in [0.2, 0.25) is 11.8 Å². The van der Waals surface area contributed by atoms with E-state index < -0.39 is 9.84 Å². The van der Waals surface area contributed by atoms with E-state index in [9.17, 15) is 13.2 Å². The summed E-state index contributed by atoms with van der Waals surface area (Å²) in [6.45, 7) is 4.04. The number of nitrogens with zero attached hydrogens (tertiary/aromatic N) is 2. The fourth-order valence-corrected chi connectivity index (χ4v) is 2.86. The number of nitrogens with one attached hydrogen (secondary N) is 1. The average Bonchev–Trinajstić information content (AvgIpc) is 2.74. The molecule has 1 rings (SSSR count). The Hall–Kier alpha value is -1.44. The highest BCUT2D eigenvalue weighted by molar-refractivity contribution is 7.90. The molecular formula is C12H21N3O4S. The van der Waals surface area contributed by atoms with Gasteiger partial charge in [-0.2, -0.15) is 4.98 Å². The summed E-state index contributed by atoms with van der Waals surface area (Å²) in [7, 11) is -1.81. The molecule has 0 unspecified atom stereocenters. The summed E-state index contributed by atoms with van der Waals surface area (Å²) in [6.07, 6.45) is 1.13. The summed E-state index contributed by atoms with van der Waals surface area (Å²) in [5.74, 6) is 0.506. The smallest absolute Gasteiger partial charge is 0.241 e. The highest BCUT2D eigenvalue weighted by Gasteiger charge is 2.18. The van der Waals surface area contributed by atoms with Crippen molar-refractivity contribution >= 4 is 15.7 Å². The van der Waals surface area contributed by atoms with Crippen LogP contribution in [0.2, 0.25) is 0 Å². The van der Waals surface area contributed by atoms with Crippen molar-refractivity contribution in [3.63, 3.8) is 0 Å². The van der Waals surface area contributed by atoms with Crippen LogP contribution in [0.25, 0.3) is 0 Å². The third kappa shape index (κ3) is 6.14. The Morgan fingerprint density at radius 1 is 1.40 bits per heavy atom. The van der Waals surface area contributed by atoms with Gasteiger partial charge in [0, 0.05) is 19.9 Å². The van der Waals surface area contributed by atoms with Crippen molar-refractivity contribution in [3.05, 3.63) is 11.7 Å². The van der Waals surface area contributed by atoms with Gasteiger partial charge in [-0.3, -0.25) is 4.79 Å². The SMILES string of the molecule is CNC(=O)CCCS(=O)(=O)Cc1nc(CC(C)C)no1. The fourth-order valence-electron chi connectivity index (χ4n) is 1.63. The molecule has 20 heavy (non-hydrogen) atoms. The minimum Gasteiger partial charge on any atom is -0.359 e. The molecule has 0 spiro atoms. The first-order chi connectivity index (χ1) is 9.32. The number of hydrogen-bond donors (Lipinski definition) is 1. The van der Waals surface area contributed by atoms with E-state index in [1.807, 2.05) is 13.8 Å². The highest BCUT2D eigenvalue weighted by atomic mass is 32.2. The van der Waals surface area contributed by atoms with E-state index in [0.29, 0.717) is 18.2 Å². The molecule has 1 aromatic rings. The number of sulfone groups is 1. The second-order valence-electron chi connectivity index (χ2n) is 5.07. The van der Waals surface area contributed by atoms with Crippen LogP contribution in [0, 0.1) is 5.92 Å². The van der Waals surface area contributed by atoms with E-state index >= 15 is 0 Å². The highest BCUT2D eigenvalue weighted by Crippen LogP contribution is 2.09. The lowest BCUT2D eigenvalue weighted by Gasteiger charge is -2.01. The van der Waals surface area contributed by atoms with Gasteiger partial charge in [-0.05, 0) is 12.3 Å². The van der Waals surface area contributed by atoms with E-state index in [1.165, 1.54) is 7.05 Å². The van der Waals surface area contributed by atoms with Gasteiger partial charge >= 0.3 is 0 Å². The maximum atomic E-state index is 11.8. The van der Waals surface area contributed by atoms with Crippen LogP contribution in [-0.2, 0) is 26.8 Å². The Labute approximate surface area is 119 Å². The van der Waals surface area contributed by atoms with Crippen molar-refractivity contribution in [2.75, 3.05) is 12.8 Å². The first kappa shape index (κ1) is 16.6. The first-order valence-electron chi connectivity index (χ1n) is 6.55. The summed E-state index contributed by atoms with van der Waals surface area (Å²) >= 11 is 0. The van der Waals surface area contributed by atoms with E-state index in [4.69, 9.17) is 4.52 Å². The fraction of sp³-hybridized carbons (Fsp3) is 0.750. The summed E-state index contributed by atoms with van der Waals surface area (Å²) in [6, 6.07) is 0. The molecule has 0 saturated carbocycles. The molecule has 0 radical (unpaired) electrons. The molecule has 0 aliphatic heterocycles. The number of amides is 1. The Morgan fingerprint density at radius 2 is 2.10 bits per heavy atom. The third-order valence-electron chi connectivity index (χ3n) is 2.58. The molecule has 7 nitrogen and oxygen atoms in total. The van der Waals surface area contributed by atoms with Crippen LogP contribution in [0.1, 0.15) is 38.4 Å². The van der Waals surface area contributed by atoms with E-state index in [1.54, 1.807) is 0 Å². The zero-order valence-electron chi connectivity index (χ0n) is 12.0. The average molecular weight is 303 g/mol. The molecule has 1 aromatic heterocycles. The van der Waals surface area contributed by atoms with Crippen LogP contribution < -0.4 is 5.32 Å². The molecule has 8 heteroatoms. The van der Waals surface area contributed by atoms with Crippen molar-refractivity contribution in [2.45, 2.75) is 38.9 Å². The van der Waals surface area contributed by atoms with Crippen molar-refractivity contribution in [1.82, 2.24) is 15.5 Å². The van der Waals surface area contributed by atoms with Gasteiger partial charge in [0.25, 0.3) is 0 Å². The standard InChI is InChI=1S/C12H21N3O4S/c1-9(2)7-10-14-12(19-15-10)8-20(17,18)6-4-5-11(16)13-3/h9H,4-8H2,1-3H3,(H,13,16). The Balaban J connectivity index is 2.49. The number of aromatic nitrogens is 2. The zero-order valence-corrected chi connectivity index (χ0v) is 12.9. The molecule has 0 aliphatic rings. The van der Waals surface area contributed by atoms with Crippen molar-refractivity contribution < 1.29 is 17.7 Å². The lowest BCUT2D eigenvalue weighted by atomic mass is 10.1. The van der Waals surface area contributed by atoms with Gasteiger partial charge < -0.3 is 9.84 Å². The summed E-state index contributed by atoms with van der Waals surface area (Å²) in [4.78, 5) is 15.1. The maximum absolute atomic E-state index is 11.8. The molecule has 0 fully saturated rings. The first-order valence-corrected chi connectivity index (χ1v) is 8.37. The molecular weight excluding hydrogens is 282 g/mol. The topological polar surface area (TPSA) is 102 Å². The maximum Gasteiger partial charge on any atom is 0.241 e. The predicted octanol–water partition coefficient (Wildman–Crippen LogP) is 0.709. The summed E-state index contributed by atoms with van der Waals surface area (Å²) in [5, 5.41) is 6.20. The molecule has 1 N–H and O–H groups in total. The van der Waals surface area contributed by atoms with Gasteiger partial charge in [-0.25, -0.2) is 8.42 Å². The molecule has 0 atom stereocenters. The molecule has 1 amide bonds. The lowest BCUT2D eigenvalue weighted by molar-refractivity contribution is -0.120. The van der Waals surface area contributed by atoms with E-state index in [2.05, 4.69) is 15.5 Å². The van der Waals surface area contributed by atoms with Gasteiger partial charge in [0.05, 0.1) is 5.75 Å². The second-order valence-corrected chi connectivity index (χ2v) is 7.26. The van der Waals surface area contributed by atoms with Crippen LogP contribution in [0.4, 0.5) is 0 Å². The molecule has 0 aromatic carbocycles. The van der Waals surface area contributed by atoms with Crippen molar-refractivity contribution in [1.29, 1.82) is 0 Å². The molecule has 0 saturated heterocycles. The van der Waals surface area contributed by atoms with Gasteiger partial charge in [0.1, 0.15) is 5.75 Å². The van der Waals surface area contributed by atoms with Crippen molar-refractivity contribution in [2.24, 2.45) is 5.92 Å². The summed E-state index contributed by atoms with van der Waals surface area (Å²) < 4.78 is 28.6. The number of carbonyl (C=O) groups excluding carboxylic acids is 1. The Kier molecular flexibility index (Phi) is 6.12. The zero-order chi connectivity index (χ0) is 15.2. The van der Waals surface area contributed by atoms with Gasteiger partial charge in [0.15, 0.2) is 15.7 Å². The van der Waals surface area contributed by atoms with E-state index in [0.717, 1.165) is 0 Å². The monoisotopic (exact) mass is 303 g/mol. The van der Waals surface area contributed by atoms with Crippen molar-refractivity contribution in [3.8, 4) is 0 Å². The molecule has 0 bridgehead atoms. The van der Waals surface area contributed by atoms with Crippen LogP contribution in [0.5, 0.6) is 0 Å². The number of rotatable bonds is 8. The molecule has 114 valence electrons. The minimum absolute atomic E-state index is 0.0671. The minimum atomic E-state index is -3.33. The quantitative estimate of drug-likeness (QED) is 0.758. The van der Waals surface area contributed by atoms with Gasteiger partial charge in [-0.15, -0.1) is 0 Å². The third-order valence-corrected chi connectivity index (χ3v) is 4.18. The predicted molar refractivity (Wildman–Crippen MR) is 73.6 cm³/mol. The Morgan fingerprint density at radius 3 is 2.70 bits per heavy atom. The Bertz CT molecular complexity index is 537. The van der Waals surface area contributed by atoms with Crippen LogP contribution in [-0.4, -0.2) is 37.3 Å². The molecule has 0 aliphatic carbocycles. The summed E-state index contributed by atoms with van der Waals surface area (Å²) in [5.41, 5.74) is 0. The number of carbonyl (C=O) groups is 1. The lowest BCUT2D eigenvalue weighted by Crippen LogP contribution is -2.19. The number of hydrogen-bond acceptors (Lipinski definition) is 6. The van der Waals surface area contributed by atoms with Gasteiger partial charge in [-0.1, -0.05) is 19.0 Å². The van der Waals surface area contributed by atoms with Crippen LogP contribution in [0.3, 0.4) is 0 Å². The second kappa shape index (κ2) is 7.37. The molecule has 1 heterocycles. The largest absolute Gasteiger partial charge is 0.359 e. The normalized spacial score (nSPS) is 11.8. The van der Waals surface area contributed by atoms with Crippen LogP contribution in [0.15, 0.2) is 4.52 Å².